The van der Waals surface area contributed by atoms with E-state index >= 15 is 0 Å². The van der Waals surface area contributed by atoms with Crippen molar-refractivity contribution in [1.29, 1.82) is 0 Å². The lowest BCUT2D eigenvalue weighted by atomic mass is 10.0. The summed E-state index contributed by atoms with van der Waals surface area (Å²) in [4.78, 5) is 21.6. The lowest BCUT2D eigenvalue weighted by Gasteiger charge is -2.08. The SMILES string of the molecule is CCc1ccc(OC)c(CC(=O)C(=O)O)c1. The summed E-state index contributed by atoms with van der Waals surface area (Å²) >= 11 is 0. The molecule has 0 saturated carbocycles. The van der Waals surface area contributed by atoms with Crippen molar-refractivity contribution in [2.45, 2.75) is 19.8 Å². The van der Waals surface area contributed by atoms with E-state index < -0.39 is 11.8 Å². The Kier molecular flexibility index (Phi) is 4.05. The molecule has 1 N–H and O–H groups in total. The summed E-state index contributed by atoms with van der Waals surface area (Å²) in [6, 6.07) is 5.45. The van der Waals surface area contributed by atoms with Crippen molar-refractivity contribution in [2.24, 2.45) is 0 Å². The van der Waals surface area contributed by atoms with Crippen molar-refractivity contribution in [3.63, 3.8) is 0 Å². The molecule has 1 rings (SSSR count). The van der Waals surface area contributed by atoms with Crippen LogP contribution in [-0.2, 0) is 22.4 Å². The average Bonchev–Trinajstić information content (AvgIpc) is 2.28. The van der Waals surface area contributed by atoms with E-state index in [-0.39, 0.29) is 6.42 Å². The van der Waals surface area contributed by atoms with E-state index in [2.05, 4.69) is 0 Å². The van der Waals surface area contributed by atoms with Gasteiger partial charge in [-0.1, -0.05) is 19.1 Å². The van der Waals surface area contributed by atoms with Crippen molar-refractivity contribution < 1.29 is 19.4 Å². The Bertz CT molecular complexity index is 409. The number of Topliss-reactive ketones (excluding diaryl/α,β-unsaturated/α-hetero) is 1. The highest BCUT2D eigenvalue weighted by molar-refractivity contribution is 6.33. The Morgan fingerprint density at radius 1 is 1.38 bits per heavy atom. The van der Waals surface area contributed by atoms with Gasteiger partial charge in [0.05, 0.1) is 7.11 Å². The van der Waals surface area contributed by atoms with Crippen LogP contribution in [0, 0.1) is 0 Å². The first kappa shape index (κ1) is 12.2. The number of aryl methyl sites for hydroxylation is 1. The summed E-state index contributed by atoms with van der Waals surface area (Å²) in [6.07, 6.45) is 0.699. The summed E-state index contributed by atoms with van der Waals surface area (Å²) in [5.41, 5.74) is 1.67. The molecule has 4 heteroatoms. The zero-order valence-corrected chi connectivity index (χ0v) is 9.32. The minimum Gasteiger partial charge on any atom is -0.496 e. The third-order valence-corrected chi connectivity index (χ3v) is 2.34. The molecule has 0 fully saturated rings. The van der Waals surface area contributed by atoms with Gasteiger partial charge in [-0.15, -0.1) is 0 Å². The summed E-state index contributed by atoms with van der Waals surface area (Å²) in [6.45, 7) is 1.99. The minimum atomic E-state index is -1.41. The van der Waals surface area contributed by atoms with Gasteiger partial charge in [0, 0.05) is 12.0 Å². The van der Waals surface area contributed by atoms with Gasteiger partial charge in [0.15, 0.2) is 0 Å². The molecular weight excluding hydrogens is 208 g/mol. The van der Waals surface area contributed by atoms with Crippen molar-refractivity contribution in [2.75, 3.05) is 7.11 Å². The molecule has 4 nitrogen and oxygen atoms in total. The highest BCUT2D eigenvalue weighted by atomic mass is 16.5. The van der Waals surface area contributed by atoms with E-state index in [0.717, 1.165) is 12.0 Å². The monoisotopic (exact) mass is 222 g/mol. The highest BCUT2D eigenvalue weighted by Gasteiger charge is 2.15. The maximum atomic E-state index is 11.1. The molecule has 0 bridgehead atoms. The van der Waals surface area contributed by atoms with E-state index in [4.69, 9.17) is 9.84 Å². The van der Waals surface area contributed by atoms with E-state index in [1.807, 2.05) is 13.0 Å². The Morgan fingerprint density at radius 3 is 2.56 bits per heavy atom. The number of hydrogen-bond acceptors (Lipinski definition) is 3. The third-order valence-electron chi connectivity index (χ3n) is 2.34. The molecule has 0 atom stereocenters. The van der Waals surface area contributed by atoms with Gasteiger partial charge in [-0.2, -0.15) is 0 Å². The Labute approximate surface area is 93.9 Å². The van der Waals surface area contributed by atoms with Crippen LogP contribution in [0.4, 0.5) is 0 Å². The number of hydrogen-bond donors (Lipinski definition) is 1. The number of carbonyl (C=O) groups excluding carboxylic acids is 1. The van der Waals surface area contributed by atoms with Crippen LogP contribution in [-0.4, -0.2) is 24.0 Å². The normalized spacial score (nSPS) is 9.88. The molecule has 0 aliphatic heterocycles. The fourth-order valence-electron chi connectivity index (χ4n) is 1.44. The molecule has 0 radical (unpaired) electrons. The molecular formula is C12H14O4. The van der Waals surface area contributed by atoms with Gasteiger partial charge >= 0.3 is 5.97 Å². The maximum absolute atomic E-state index is 11.1. The van der Waals surface area contributed by atoms with E-state index in [1.165, 1.54) is 7.11 Å². The van der Waals surface area contributed by atoms with Gasteiger partial charge in [0.2, 0.25) is 5.78 Å². The van der Waals surface area contributed by atoms with Crippen LogP contribution < -0.4 is 4.74 Å². The van der Waals surface area contributed by atoms with Crippen LogP contribution in [0.1, 0.15) is 18.1 Å². The van der Waals surface area contributed by atoms with Crippen LogP contribution >= 0.6 is 0 Å². The predicted molar refractivity (Wildman–Crippen MR) is 58.7 cm³/mol. The second kappa shape index (κ2) is 5.30. The topological polar surface area (TPSA) is 63.6 Å². The first-order chi connectivity index (χ1) is 7.58. The molecule has 0 spiro atoms. The van der Waals surface area contributed by atoms with Crippen molar-refractivity contribution >= 4 is 11.8 Å². The van der Waals surface area contributed by atoms with Crippen LogP contribution in [0.3, 0.4) is 0 Å². The summed E-state index contributed by atoms with van der Waals surface area (Å²) in [5.74, 6) is -1.69. The third kappa shape index (κ3) is 2.82. The molecule has 0 aromatic heterocycles. The highest BCUT2D eigenvalue weighted by Crippen LogP contribution is 2.21. The largest absolute Gasteiger partial charge is 0.496 e. The number of carbonyl (C=O) groups is 2. The number of rotatable bonds is 5. The van der Waals surface area contributed by atoms with Crippen molar-refractivity contribution in [3.05, 3.63) is 29.3 Å². The van der Waals surface area contributed by atoms with Gasteiger partial charge in [0.1, 0.15) is 5.75 Å². The zero-order chi connectivity index (χ0) is 12.1. The number of methoxy groups -OCH3 is 1. The van der Waals surface area contributed by atoms with Gasteiger partial charge in [-0.25, -0.2) is 4.79 Å². The molecule has 86 valence electrons. The van der Waals surface area contributed by atoms with Crippen LogP contribution in [0.25, 0.3) is 0 Å². The number of carboxylic acid groups (broad SMARTS) is 1. The molecule has 16 heavy (non-hydrogen) atoms. The number of carboxylic acids is 1. The molecule has 0 saturated heterocycles. The quantitative estimate of drug-likeness (QED) is 0.766. The molecule has 1 aromatic carbocycles. The van der Waals surface area contributed by atoms with Crippen LogP contribution in [0.5, 0.6) is 5.75 Å². The predicted octanol–water partition coefficient (Wildman–Crippen LogP) is 1.45. The Hall–Kier alpha value is -1.84. The van der Waals surface area contributed by atoms with Gasteiger partial charge in [-0.3, -0.25) is 4.79 Å². The molecule has 0 amide bonds. The summed E-state index contributed by atoms with van der Waals surface area (Å²) < 4.78 is 5.08. The number of ether oxygens (including phenoxy) is 1. The lowest BCUT2D eigenvalue weighted by molar-refractivity contribution is -0.148. The number of benzene rings is 1. The molecule has 0 aliphatic rings. The second-order valence-corrected chi connectivity index (χ2v) is 3.40. The van der Waals surface area contributed by atoms with Gasteiger partial charge in [0.25, 0.3) is 0 Å². The molecule has 0 aliphatic carbocycles. The van der Waals surface area contributed by atoms with Crippen molar-refractivity contribution in [3.8, 4) is 5.75 Å². The van der Waals surface area contributed by atoms with Gasteiger partial charge < -0.3 is 9.84 Å². The Morgan fingerprint density at radius 2 is 2.06 bits per heavy atom. The van der Waals surface area contributed by atoms with E-state index in [1.54, 1.807) is 12.1 Å². The molecule has 0 heterocycles. The molecule has 1 aromatic rings. The first-order valence-electron chi connectivity index (χ1n) is 5.00. The second-order valence-electron chi connectivity index (χ2n) is 3.40. The maximum Gasteiger partial charge on any atom is 0.372 e. The standard InChI is InChI=1S/C12H14O4/c1-3-8-4-5-11(16-2)9(6-8)7-10(13)12(14)15/h4-6H,3,7H2,1-2H3,(H,14,15). The average molecular weight is 222 g/mol. The fourth-order valence-corrected chi connectivity index (χ4v) is 1.44. The minimum absolute atomic E-state index is 0.133. The van der Waals surface area contributed by atoms with E-state index in [0.29, 0.717) is 11.3 Å². The number of aliphatic carboxylic acids is 1. The van der Waals surface area contributed by atoms with Crippen LogP contribution in [0.15, 0.2) is 18.2 Å². The lowest BCUT2D eigenvalue weighted by Crippen LogP contribution is -2.15. The first-order valence-corrected chi connectivity index (χ1v) is 5.00. The van der Waals surface area contributed by atoms with Crippen LogP contribution in [0.2, 0.25) is 0 Å². The molecule has 0 unspecified atom stereocenters. The summed E-state index contributed by atoms with van der Waals surface area (Å²) in [5, 5.41) is 8.54. The van der Waals surface area contributed by atoms with E-state index in [9.17, 15) is 9.59 Å². The van der Waals surface area contributed by atoms with Crippen molar-refractivity contribution in [1.82, 2.24) is 0 Å². The van der Waals surface area contributed by atoms with Gasteiger partial charge in [-0.05, 0) is 18.1 Å². The fraction of sp³-hybridized carbons (Fsp3) is 0.333. The Balaban J connectivity index is 3.00. The number of ketones is 1. The zero-order valence-electron chi connectivity index (χ0n) is 9.32. The smallest absolute Gasteiger partial charge is 0.372 e. The summed E-state index contributed by atoms with van der Waals surface area (Å²) in [7, 11) is 1.50.